The second-order valence-corrected chi connectivity index (χ2v) is 12.0. The van der Waals surface area contributed by atoms with E-state index in [1.165, 1.54) is 0 Å². The van der Waals surface area contributed by atoms with Crippen LogP contribution in [0, 0.1) is 11.3 Å². The van der Waals surface area contributed by atoms with Crippen LogP contribution in [0.25, 0.3) is 0 Å². The van der Waals surface area contributed by atoms with Gasteiger partial charge in [-0.3, -0.25) is 9.59 Å². The number of hydrogen-bond acceptors (Lipinski definition) is 5. The fourth-order valence-electron chi connectivity index (χ4n) is 5.88. The third-order valence-corrected chi connectivity index (χ3v) is 7.44. The Labute approximate surface area is 228 Å². The number of hydrogen-bond donors (Lipinski definition) is 1. The number of methoxy groups -OCH3 is 1. The van der Waals surface area contributed by atoms with Gasteiger partial charge in [0.2, 0.25) is 5.91 Å². The molecule has 0 saturated carbocycles. The van der Waals surface area contributed by atoms with E-state index < -0.39 is 0 Å². The number of anilines is 3. The van der Waals surface area contributed by atoms with E-state index in [1.807, 2.05) is 41.3 Å². The van der Waals surface area contributed by atoms with Crippen molar-refractivity contribution in [3.05, 3.63) is 48.0 Å². The van der Waals surface area contributed by atoms with Crippen LogP contribution in [-0.4, -0.2) is 63.1 Å². The quantitative estimate of drug-likeness (QED) is 0.487. The third kappa shape index (κ3) is 7.00. The first-order valence-corrected chi connectivity index (χ1v) is 14.0. The van der Waals surface area contributed by atoms with Gasteiger partial charge in [-0.15, -0.1) is 0 Å². The molecule has 1 atom stereocenters. The van der Waals surface area contributed by atoms with Gasteiger partial charge in [0.15, 0.2) is 0 Å². The van der Waals surface area contributed by atoms with E-state index in [1.54, 1.807) is 7.11 Å². The predicted molar refractivity (Wildman–Crippen MR) is 155 cm³/mol. The Morgan fingerprint density at radius 1 is 0.921 bits per heavy atom. The van der Waals surface area contributed by atoms with Crippen LogP contribution in [0.4, 0.5) is 17.1 Å². The molecule has 1 N–H and O–H groups in total. The molecule has 38 heavy (non-hydrogen) atoms. The Hall–Kier alpha value is -3.22. The zero-order chi connectivity index (χ0) is 27.3. The van der Waals surface area contributed by atoms with Crippen LogP contribution in [-0.2, 0) is 4.79 Å². The highest BCUT2D eigenvalue weighted by atomic mass is 16.5. The van der Waals surface area contributed by atoms with E-state index in [4.69, 9.17) is 4.74 Å². The van der Waals surface area contributed by atoms with Crippen molar-refractivity contribution in [3.63, 3.8) is 0 Å². The maximum absolute atomic E-state index is 13.6. The number of nitrogens with one attached hydrogen (secondary N) is 1. The summed E-state index contributed by atoms with van der Waals surface area (Å²) < 4.78 is 5.57. The van der Waals surface area contributed by atoms with Crippen LogP contribution in [0.1, 0.15) is 63.7 Å². The Morgan fingerprint density at radius 3 is 2.18 bits per heavy atom. The molecule has 2 aromatic rings. The first-order valence-electron chi connectivity index (χ1n) is 14.0. The topological polar surface area (TPSA) is 65.1 Å². The lowest BCUT2D eigenvalue weighted by atomic mass is 9.84. The second kappa shape index (κ2) is 12.1. The lowest BCUT2D eigenvalue weighted by molar-refractivity contribution is -0.117. The fraction of sp³-hybridized carbons (Fsp3) is 0.548. The molecule has 0 aromatic heterocycles. The zero-order valence-corrected chi connectivity index (χ0v) is 23.8. The van der Waals surface area contributed by atoms with Gasteiger partial charge in [-0.05, 0) is 60.9 Å². The minimum Gasteiger partial charge on any atom is -0.495 e. The summed E-state index contributed by atoms with van der Waals surface area (Å²) in [6, 6.07) is 13.9. The van der Waals surface area contributed by atoms with Crippen molar-refractivity contribution in [2.75, 3.05) is 61.5 Å². The Balaban J connectivity index is 1.50. The standard InChI is InChI=1S/C31H44N4O3/c1-23(22-31(2,3)4)20-29(36)32-24-12-13-26(25(21-24)30(37)35-14-8-9-15-35)33-16-18-34(19-17-33)27-10-6-7-11-28(27)38-5/h6-7,10-13,21,23H,8-9,14-20,22H2,1-5H3,(H,32,36). The molecule has 2 saturated heterocycles. The van der Waals surface area contributed by atoms with Gasteiger partial charge < -0.3 is 24.8 Å². The van der Waals surface area contributed by atoms with Gasteiger partial charge >= 0.3 is 0 Å². The Morgan fingerprint density at radius 2 is 1.55 bits per heavy atom. The number of ether oxygens (including phenoxy) is 1. The van der Waals surface area contributed by atoms with E-state index in [-0.39, 0.29) is 17.2 Å². The molecule has 0 spiro atoms. The molecule has 0 aliphatic carbocycles. The molecule has 2 heterocycles. The molecule has 2 fully saturated rings. The lowest BCUT2D eigenvalue weighted by Crippen LogP contribution is -2.47. The average molecular weight is 521 g/mol. The molecular weight excluding hydrogens is 476 g/mol. The van der Waals surface area contributed by atoms with Crippen molar-refractivity contribution in [2.24, 2.45) is 11.3 Å². The van der Waals surface area contributed by atoms with Crippen LogP contribution in [0.3, 0.4) is 0 Å². The van der Waals surface area contributed by atoms with Crippen LogP contribution in [0.15, 0.2) is 42.5 Å². The first-order chi connectivity index (χ1) is 18.1. The minimum atomic E-state index is -0.000468. The van der Waals surface area contributed by atoms with Gasteiger partial charge in [-0.1, -0.05) is 39.8 Å². The normalized spacial score (nSPS) is 16.9. The van der Waals surface area contributed by atoms with E-state index in [0.717, 1.165) is 75.7 Å². The maximum Gasteiger partial charge on any atom is 0.256 e. The maximum atomic E-state index is 13.6. The number of rotatable bonds is 8. The number of carbonyl (C=O) groups excluding carboxylic acids is 2. The number of benzene rings is 2. The van der Waals surface area contributed by atoms with Crippen molar-refractivity contribution < 1.29 is 14.3 Å². The van der Waals surface area contributed by atoms with Gasteiger partial charge in [0.05, 0.1) is 18.4 Å². The number of likely N-dealkylation sites (tertiary alicyclic amines) is 1. The van der Waals surface area contributed by atoms with Crippen molar-refractivity contribution in [3.8, 4) is 5.75 Å². The molecule has 7 heteroatoms. The molecule has 2 aromatic carbocycles. The summed E-state index contributed by atoms with van der Waals surface area (Å²) in [6.45, 7) is 13.6. The molecule has 7 nitrogen and oxygen atoms in total. The molecule has 206 valence electrons. The summed E-state index contributed by atoms with van der Waals surface area (Å²) in [6.07, 6.45) is 3.54. The highest BCUT2D eigenvalue weighted by molar-refractivity contribution is 6.02. The Bertz CT molecular complexity index is 1110. The molecule has 0 bridgehead atoms. The summed E-state index contributed by atoms with van der Waals surface area (Å²) in [5.41, 5.74) is 3.60. The summed E-state index contributed by atoms with van der Waals surface area (Å²) in [7, 11) is 1.71. The summed E-state index contributed by atoms with van der Waals surface area (Å²) in [5, 5.41) is 3.07. The Kier molecular flexibility index (Phi) is 8.85. The predicted octanol–water partition coefficient (Wildman–Crippen LogP) is 5.66. The monoisotopic (exact) mass is 520 g/mol. The minimum absolute atomic E-state index is 0.000468. The van der Waals surface area contributed by atoms with Gasteiger partial charge in [0.25, 0.3) is 5.91 Å². The highest BCUT2D eigenvalue weighted by Gasteiger charge is 2.27. The largest absolute Gasteiger partial charge is 0.495 e. The van der Waals surface area contributed by atoms with E-state index in [0.29, 0.717) is 23.6 Å². The molecular formula is C31H44N4O3. The summed E-state index contributed by atoms with van der Waals surface area (Å²) in [4.78, 5) is 33.0. The third-order valence-electron chi connectivity index (χ3n) is 7.44. The molecule has 2 aliphatic rings. The van der Waals surface area contributed by atoms with Gasteiger partial charge in [0, 0.05) is 57.1 Å². The van der Waals surface area contributed by atoms with E-state index in [9.17, 15) is 9.59 Å². The first kappa shape index (κ1) is 27.8. The van der Waals surface area contributed by atoms with Crippen molar-refractivity contribution >= 4 is 28.9 Å². The number of carbonyl (C=O) groups is 2. The van der Waals surface area contributed by atoms with E-state index >= 15 is 0 Å². The van der Waals surface area contributed by atoms with Crippen molar-refractivity contribution in [1.82, 2.24) is 4.90 Å². The molecule has 2 amide bonds. The number of nitrogens with zero attached hydrogens (tertiary/aromatic N) is 3. The summed E-state index contributed by atoms with van der Waals surface area (Å²) >= 11 is 0. The molecule has 1 unspecified atom stereocenters. The van der Waals surface area contributed by atoms with Gasteiger partial charge in [-0.25, -0.2) is 0 Å². The SMILES string of the molecule is COc1ccccc1N1CCN(c2ccc(NC(=O)CC(C)CC(C)(C)C)cc2C(=O)N2CCCC2)CC1. The average Bonchev–Trinajstić information content (AvgIpc) is 3.42. The van der Waals surface area contributed by atoms with Crippen LogP contribution in [0.2, 0.25) is 0 Å². The zero-order valence-electron chi connectivity index (χ0n) is 23.8. The summed E-state index contributed by atoms with van der Waals surface area (Å²) in [5.74, 6) is 1.23. The van der Waals surface area contributed by atoms with Gasteiger partial charge in [0.1, 0.15) is 5.75 Å². The molecule has 0 radical (unpaired) electrons. The highest BCUT2D eigenvalue weighted by Crippen LogP contribution is 2.32. The smallest absolute Gasteiger partial charge is 0.256 e. The lowest BCUT2D eigenvalue weighted by Gasteiger charge is -2.38. The fourth-order valence-corrected chi connectivity index (χ4v) is 5.88. The van der Waals surface area contributed by atoms with Crippen molar-refractivity contribution in [2.45, 2.75) is 53.4 Å². The van der Waals surface area contributed by atoms with Crippen LogP contribution >= 0.6 is 0 Å². The number of piperazine rings is 1. The van der Waals surface area contributed by atoms with Crippen molar-refractivity contribution in [1.29, 1.82) is 0 Å². The van der Waals surface area contributed by atoms with Crippen LogP contribution in [0.5, 0.6) is 5.75 Å². The van der Waals surface area contributed by atoms with Gasteiger partial charge in [-0.2, -0.15) is 0 Å². The second-order valence-electron chi connectivity index (χ2n) is 12.0. The number of para-hydroxylation sites is 2. The van der Waals surface area contributed by atoms with E-state index in [2.05, 4.69) is 48.9 Å². The molecule has 2 aliphatic heterocycles. The number of amides is 2. The molecule has 4 rings (SSSR count). The van der Waals surface area contributed by atoms with Crippen LogP contribution < -0.4 is 19.9 Å².